The Balaban J connectivity index is 1.83. The number of sulfonamides is 1. The lowest BCUT2D eigenvalue weighted by Crippen LogP contribution is -2.36. The van der Waals surface area contributed by atoms with E-state index in [-0.39, 0.29) is 4.90 Å². The van der Waals surface area contributed by atoms with Crippen LogP contribution in [0.25, 0.3) is 0 Å². The van der Waals surface area contributed by atoms with Crippen LogP contribution in [0, 0.1) is 0 Å². The molecule has 2 aromatic carbocycles. The molecule has 5 nitrogen and oxygen atoms in total. The number of nitrogens with one attached hydrogen (secondary N) is 1. The molecule has 0 bridgehead atoms. The Labute approximate surface area is 156 Å². The molecule has 1 saturated heterocycles. The van der Waals surface area contributed by atoms with Gasteiger partial charge in [-0.2, -0.15) is 0 Å². The Morgan fingerprint density at radius 1 is 1.08 bits per heavy atom. The average Bonchev–Trinajstić information content (AvgIpc) is 2.68. The Hall–Kier alpha value is -2.05. The molecule has 1 N–H and O–H groups in total. The Morgan fingerprint density at radius 3 is 2.38 bits per heavy atom. The monoisotopic (exact) mass is 374 g/mol. The minimum atomic E-state index is -3.63. The van der Waals surface area contributed by atoms with Crippen molar-refractivity contribution in [2.45, 2.75) is 31.1 Å². The molecule has 0 aliphatic carbocycles. The number of ether oxygens (including phenoxy) is 1. The van der Waals surface area contributed by atoms with Crippen LogP contribution < -0.4 is 9.62 Å². The SMILES string of the molecule is CC[C@H](C)c1ccc(S(=O)(=O)Nc2ccccc2N2CCOCC2)cc1. The lowest BCUT2D eigenvalue weighted by atomic mass is 9.99. The maximum Gasteiger partial charge on any atom is 0.261 e. The molecule has 0 aromatic heterocycles. The average molecular weight is 375 g/mol. The summed E-state index contributed by atoms with van der Waals surface area (Å²) in [5, 5.41) is 0. The van der Waals surface area contributed by atoms with Crippen molar-refractivity contribution in [3.8, 4) is 0 Å². The van der Waals surface area contributed by atoms with Gasteiger partial charge in [0.25, 0.3) is 10.0 Å². The summed E-state index contributed by atoms with van der Waals surface area (Å²) in [6, 6.07) is 14.7. The Kier molecular flexibility index (Phi) is 5.84. The van der Waals surface area contributed by atoms with Crippen LogP contribution in [0.3, 0.4) is 0 Å². The number of nitrogens with zero attached hydrogens (tertiary/aromatic N) is 1. The van der Waals surface area contributed by atoms with E-state index in [2.05, 4.69) is 23.5 Å². The van der Waals surface area contributed by atoms with Crippen LogP contribution in [0.2, 0.25) is 0 Å². The summed E-state index contributed by atoms with van der Waals surface area (Å²) in [6.45, 7) is 7.07. The topological polar surface area (TPSA) is 58.6 Å². The molecule has 0 saturated carbocycles. The summed E-state index contributed by atoms with van der Waals surface area (Å²) in [6.07, 6.45) is 1.03. The zero-order valence-corrected chi connectivity index (χ0v) is 16.1. The highest BCUT2D eigenvalue weighted by Gasteiger charge is 2.19. The molecule has 140 valence electrons. The minimum Gasteiger partial charge on any atom is -0.378 e. The van der Waals surface area contributed by atoms with E-state index in [1.807, 2.05) is 30.3 Å². The van der Waals surface area contributed by atoms with Gasteiger partial charge in [0.05, 0.1) is 29.5 Å². The molecule has 0 amide bonds. The van der Waals surface area contributed by atoms with E-state index in [1.54, 1.807) is 18.2 Å². The summed E-state index contributed by atoms with van der Waals surface area (Å²) in [7, 11) is -3.63. The summed E-state index contributed by atoms with van der Waals surface area (Å²) in [4.78, 5) is 2.43. The number of hydrogen-bond donors (Lipinski definition) is 1. The largest absolute Gasteiger partial charge is 0.378 e. The van der Waals surface area contributed by atoms with Crippen molar-refractivity contribution in [2.75, 3.05) is 35.9 Å². The van der Waals surface area contributed by atoms with E-state index in [0.29, 0.717) is 24.8 Å². The molecule has 1 fully saturated rings. The van der Waals surface area contributed by atoms with E-state index in [4.69, 9.17) is 4.74 Å². The quantitative estimate of drug-likeness (QED) is 0.835. The van der Waals surface area contributed by atoms with E-state index < -0.39 is 10.0 Å². The highest BCUT2D eigenvalue weighted by Crippen LogP contribution is 2.29. The summed E-state index contributed by atoms with van der Waals surface area (Å²) in [5.41, 5.74) is 2.64. The lowest BCUT2D eigenvalue weighted by Gasteiger charge is -2.30. The van der Waals surface area contributed by atoms with Crippen LogP contribution >= 0.6 is 0 Å². The van der Waals surface area contributed by atoms with Crippen molar-refractivity contribution < 1.29 is 13.2 Å². The van der Waals surface area contributed by atoms with Gasteiger partial charge in [-0.1, -0.05) is 38.1 Å². The normalized spacial score (nSPS) is 16.3. The maximum absolute atomic E-state index is 12.8. The van der Waals surface area contributed by atoms with Crippen molar-refractivity contribution >= 4 is 21.4 Å². The van der Waals surface area contributed by atoms with Gasteiger partial charge in [0.1, 0.15) is 0 Å². The molecule has 1 atom stereocenters. The first-order chi connectivity index (χ1) is 12.5. The third-order valence-corrected chi connectivity index (χ3v) is 6.25. The zero-order valence-electron chi connectivity index (χ0n) is 15.3. The van der Waals surface area contributed by atoms with Crippen LogP contribution in [-0.4, -0.2) is 34.7 Å². The second kappa shape index (κ2) is 8.10. The molecule has 0 spiro atoms. The fraction of sp³-hybridized carbons (Fsp3) is 0.400. The fourth-order valence-corrected chi connectivity index (χ4v) is 4.13. The van der Waals surface area contributed by atoms with E-state index >= 15 is 0 Å². The third kappa shape index (κ3) is 4.19. The number of para-hydroxylation sites is 2. The smallest absolute Gasteiger partial charge is 0.261 e. The van der Waals surface area contributed by atoms with Gasteiger partial charge in [-0.15, -0.1) is 0 Å². The molecular formula is C20H26N2O3S. The number of rotatable bonds is 6. The first kappa shape index (κ1) is 18.7. The van der Waals surface area contributed by atoms with Gasteiger partial charge in [-0.05, 0) is 42.2 Å². The summed E-state index contributed by atoms with van der Waals surface area (Å²) < 4.78 is 33.8. The third-order valence-electron chi connectivity index (χ3n) is 4.87. The van der Waals surface area contributed by atoms with Crippen molar-refractivity contribution in [1.29, 1.82) is 0 Å². The lowest BCUT2D eigenvalue weighted by molar-refractivity contribution is 0.123. The Bertz CT molecular complexity index is 828. The van der Waals surface area contributed by atoms with Gasteiger partial charge in [0.2, 0.25) is 0 Å². The van der Waals surface area contributed by atoms with Gasteiger partial charge in [-0.3, -0.25) is 4.72 Å². The molecule has 1 aliphatic rings. The van der Waals surface area contributed by atoms with E-state index in [1.165, 1.54) is 0 Å². The molecular weight excluding hydrogens is 348 g/mol. The van der Waals surface area contributed by atoms with E-state index in [0.717, 1.165) is 30.8 Å². The summed E-state index contributed by atoms with van der Waals surface area (Å²) in [5.74, 6) is 0.418. The second-order valence-corrected chi connectivity index (χ2v) is 8.28. The van der Waals surface area contributed by atoms with Crippen LogP contribution in [0.5, 0.6) is 0 Å². The van der Waals surface area contributed by atoms with Crippen molar-refractivity contribution in [2.24, 2.45) is 0 Å². The van der Waals surface area contributed by atoms with Crippen LogP contribution in [0.1, 0.15) is 31.7 Å². The van der Waals surface area contributed by atoms with Gasteiger partial charge < -0.3 is 9.64 Å². The van der Waals surface area contributed by atoms with Crippen LogP contribution in [-0.2, 0) is 14.8 Å². The standard InChI is InChI=1S/C20H26N2O3S/c1-3-16(2)17-8-10-18(11-9-17)26(23,24)21-19-6-4-5-7-20(19)22-12-14-25-15-13-22/h4-11,16,21H,3,12-15H2,1-2H3/t16-/m0/s1. The molecule has 0 unspecified atom stereocenters. The number of anilines is 2. The molecule has 3 rings (SSSR count). The number of benzene rings is 2. The van der Waals surface area contributed by atoms with Gasteiger partial charge >= 0.3 is 0 Å². The van der Waals surface area contributed by atoms with E-state index in [9.17, 15) is 8.42 Å². The van der Waals surface area contributed by atoms with Crippen LogP contribution in [0.15, 0.2) is 53.4 Å². The van der Waals surface area contributed by atoms with Crippen LogP contribution in [0.4, 0.5) is 11.4 Å². The van der Waals surface area contributed by atoms with Crippen molar-refractivity contribution in [3.63, 3.8) is 0 Å². The number of hydrogen-bond acceptors (Lipinski definition) is 4. The number of morpholine rings is 1. The highest BCUT2D eigenvalue weighted by atomic mass is 32.2. The predicted molar refractivity (Wildman–Crippen MR) is 105 cm³/mol. The predicted octanol–water partition coefficient (Wildman–Crippen LogP) is 3.84. The molecule has 26 heavy (non-hydrogen) atoms. The first-order valence-electron chi connectivity index (χ1n) is 9.06. The molecule has 2 aromatic rings. The van der Waals surface area contributed by atoms with Gasteiger partial charge in [0, 0.05) is 13.1 Å². The van der Waals surface area contributed by atoms with Crippen molar-refractivity contribution in [1.82, 2.24) is 0 Å². The highest BCUT2D eigenvalue weighted by molar-refractivity contribution is 7.92. The fourth-order valence-electron chi connectivity index (χ4n) is 3.05. The Morgan fingerprint density at radius 2 is 1.73 bits per heavy atom. The van der Waals surface area contributed by atoms with Gasteiger partial charge in [-0.25, -0.2) is 8.42 Å². The maximum atomic E-state index is 12.8. The van der Waals surface area contributed by atoms with Crippen molar-refractivity contribution in [3.05, 3.63) is 54.1 Å². The molecule has 6 heteroatoms. The second-order valence-electron chi connectivity index (χ2n) is 6.60. The zero-order chi connectivity index (χ0) is 18.6. The summed E-state index contributed by atoms with van der Waals surface area (Å²) >= 11 is 0. The minimum absolute atomic E-state index is 0.279. The molecule has 1 aliphatic heterocycles. The molecule has 1 heterocycles. The first-order valence-corrected chi connectivity index (χ1v) is 10.5. The van der Waals surface area contributed by atoms with Gasteiger partial charge in [0.15, 0.2) is 0 Å². The molecule has 0 radical (unpaired) electrons.